The van der Waals surface area contributed by atoms with E-state index in [0.717, 1.165) is 134 Å². The number of hydrogen-bond acceptors (Lipinski definition) is 10. The van der Waals surface area contributed by atoms with Gasteiger partial charge in [0.2, 0.25) is 0 Å². The second-order valence-corrected chi connectivity index (χ2v) is 18.2. The Bertz CT molecular complexity index is 2100. The molecule has 6 aromatic rings. The van der Waals surface area contributed by atoms with Gasteiger partial charge in [0.1, 0.15) is 34.2 Å². The molecule has 13 heteroatoms. The molecule has 2 atom stereocenters. The lowest BCUT2D eigenvalue weighted by molar-refractivity contribution is 0.0956. The van der Waals surface area contributed by atoms with Crippen molar-refractivity contribution in [1.82, 2.24) is 20.2 Å². The van der Waals surface area contributed by atoms with E-state index in [2.05, 4.69) is 62.1 Å². The molecule has 0 radical (unpaired) electrons. The van der Waals surface area contributed by atoms with Crippen LogP contribution in [0.25, 0.3) is 20.4 Å². The summed E-state index contributed by atoms with van der Waals surface area (Å²) in [5.41, 5.74) is 5.62. The van der Waals surface area contributed by atoms with Gasteiger partial charge in [-0.3, -0.25) is 4.90 Å². The molecule has 304 valence electrons. The van der Waals surface area contributed by atoms with Crippen LogP contribution in [0.15, 0.2) is 96.0 Å². The van der Waals surface area contributed by atoms with Gasteiger partial charge in [-0.1, -0.05) is 39.1 Å². The van der Waals surface area contributed by atoms with E-state index >= 15 is 0 Å². The lowest BCUT2D eigenvalue weighted by atomic mass is 10.1. The van der Waals surface area contributed by atoms with Crippen molar-refractivity contribution in [2.75, 3.05) is 51.3 Å². The molecule has 0 amide bonds. The summed E-state index contributed by atoms with van der Waals surface area (Å²) in [6, 6.07) is 27.3. The second-order valence-electron chi connectivity index (χ2n) is 14.7. The third-order valence-electron chi connectivity index (χ3n) is 9.74. The number of unbranched alkanes of at least 4 members (excludes halogenated alkanes) is 2. The van der Waals surface area contributed by atoms with Crippen LogP contribution in [0.4, 0.5) is 0 Å². The number of likely N-dealkylation sites (tertiary alicyclic amines) is 1. The fourth-order valence-corrected chi connectivity index (χ4v) is 8.68. The summed E-state index contributed by atoms with van der Waals surface area (Å²) in [6.07, 6.45) is 6.51. The largest absolute Gasteiger partial charge is 0.494 e. The summed E-state index contributed by atoms with van der Waals surface area (Å²) < 4.78 is 26.0. The first kappa shape index (κ1) is 43.4. The number of aromatic nitrogens is 2. The lowest BCUT2D eigenvalue weighted by Crippen LogP contribution is -2.36. The third-order valence-corrected chi connectivity index (χ3v) is 12.4. The Morgan fingerprint density at radius 2 is 1.21 bits per heavy atom. The molecule has 57 heavy (non-hydrogen) atoms. The zero-order valence-corrected chi connectivity index (χ0v) is 37.3. The number of thiazole rings is 2. The summed E-state index contributed by atoms with van der Waals surface area (Å²) in [7, 11) is 0. The minimum absolute atomic E-state index is 0.0617. The highest BCUT2D eigenvalue weighted by molar-refractivity contribution is 9.09. The Morgan fingerprint density at radius 1 is 0.684 bits per heavy atom. The summed E-state index contributed by atoms with van der Waals surface area (Å²) in [5, 5.41) is 5.82. The zero-order chi connectivity index (χ0) is 39.9. The van der Waals surface area contributed by atoms with E-state index in [1.165, 1.54) is 9.40 Å². The number of hydrogen-bond donors (Lipinski definition) is 1. The normalized spacial score (nSPS) is 19.1. The monoisotopic (exact) mass is 912 g/mol. The number of fused-ring (bicyclic) bond motifs is 2. The maximum absolute atomic E-state index is 6.23. The van der Waals surface area contributed by atoms with Crippen LogP contribution >= 0.6 is 61.8 Å². The van der Waals surface area contributed by atoms with Gasteiger partial charge < -0.3 is 24.3 Å². The molecular formula is C44H51BrCl2N4O4S2. The number of halogens is 3. The number of nitrogens with zero attached hydrogens (tertiary/aromatic N) is 3. The molecule has 2 saturated heterocycles. The first-order chi connectivity index (χ1) is 27.7. The van der Waals surface area contributed by atoms with E-state index in [4.69, 9.17) is 42.1 Å². The van der Waals surface area contributed by atoms with Crippen LogP contribution in [-0.2, 0) is 0 Å². The lowest BCUT2D eigenvalue weighted by Gasteiger charge is -2.26. The molecule has 1 N–H and O–H groups in total. The molecule has 0 bridgehead atoms. The van der Waals surface area contributed by atoms with Crippen LogP contribution in [0.3, 0.4) is 0 Å². The number of alkyl halides is 1. The van der Waals surface area contributed by atoms with E-state index in [9.17, 15) is 0 Å². The third kappa shape index (κ3) is 14.0. The topological polar surface area (TPSA) is 78.0 Å². The van der Waals surface area contributed by atoms with E-state index in [1.807, 2.05) is 83.8 Å². The second kappa shape index (κ2) is 21.7. The van der Waals surface area contributed by atoms with E-state index < -0.39 is 0 Å². The van der Waals surface area contributed by atoms with Crippen LogP contribution in [0.1, 0.15) is 52.4 Å². The summed E-state index contributed by atoms with van der Waals surface area (Å²) in [6.45, 7) is 10.9. The maximum atomic E-state index is 6.23. The Kier molecular flexibility index (Phi) is 16.6. The minimum atomic E-state index is -0.130. The molecule has 4 heterocycles. The van der Waals surface area contributed by atoms with Crippen molar-refractivity contribution >= 4 is 82.2 Å². The van der Waals surface area contributed by atoms with Crippen molar-refractivity contribution < 1.29 is 18.9 Å². The summed E-state index contributed by atoms with van der Waals surface area (Å²) in [4.78, 5) is 11.0. The predicted molar refractivity (Wildman–Crippen MR) is 242 cm³/mol. The molecule has 2 aliphatic rings. The Hall–Kier alpha value is -3.16. The van der Waals surface area contributed by atoms with E-state index in [-0.39, 0.29) is 11.2 Å². The number of benzene rings is 4. The fourth-order valence-electron chi connectivity index (χ4n) is 6.62. The summed E-state index contributed by atoms with van der Waals surface area (Å²) >= 11 is 18.4. The maximum Gasteiger partial charge on any atom is 0.120 e. The van der Waals surface area contributed by atoms with Gasteiger partial charge in [0.05, 0.1) is 44.7 Å². The van der Waals surface area contributed by atoms with Crippen molar-refractivity contribution in [3.63, 3.8) is 0 Å². The smallest absolute Gasteiger partial charge is 0.120 e. The average molecular weight is 915 g/mol. The fraction of sp³-hybridized carbons (Fsp3) is 0.409. The van der Waals surface area contributed by atoms with Crippen molar-refractivity contribution in [3.8, 4) is 23.0 Å². The first-order valence-corrected chi connectivity index (χ1v) is 23.1. The molecule has 0 spiro atoms. The minimum Gasteiger partial charge on any atom is -0.494 e. The molecule has 2 aliphatic heterocycles. The van der Waals surface area contributed by atoms with E-state index in [0.29, 0.717) is 0 Å². The van der Waals surface area contributed by atoms with Gasteiger partial charge >= 0.3 is 0 Å². The molecule has 0 aliphatic carbocycles. The van der Waals surface area contributed by atoms with Crippen LogP contribution in [0, 0.1) is 0 Å². The molecule has 2 unspecified atom stereocenters. The predicted octanol–water partition coefficient (Wildman–Crippen LogP) is 12.0. The number of rotatable bonds is 15. The molecule has 8 nitrogen and oxygen atoms in total. The molecular weight excluding hydrogens is 863 g/mol. The van der Waals surface area contributed by atoms with Crippen molar-refractivity contribution in [1.29, 1.82) is 0 Å². The highest BCUT2D eigenvalue weighted by atomic mass is 79.9. The molecule has 2 aromatic heterocycles. The number of ether oxygens (including phenoxy) is 4. The quantitative estimate of drug-likeness (QED) is 0.0806. The number of nitrogens with one attached hydrogen (secondary N) is 1. The molecule has 8 rings (SSSR count). The van der Waals surface area contributed by atoms with Gasteiger partial charge in [0.25, 0.3) is 0 Å². The molecule has 4 aromatic carbocycles. The van der Waals surface area contributed by atoms with Gasteiger partial charge in [-0.25, -0.2) is 9.97 Å². The van der Waals surface area contributed by atoms with Gasteiger partial charge in [-0.15, -0.1) is 22.7 Å². The van der Waals surface area contributed by atoms with Gasteiger partial charge in [-0.05, 0) is 138 Å². The molecule has 2 fully saturated rings. The van der Waals surface area contributed by atoms with E-state index in [1.54, 1.807) is 22.7 Å². The van der Waals surface area contributed by atoms with Gasteiger partial charge in [0.15, 0.2) is 0 Å². The van der Waals surface area contributed by atoms with Gasteiger partial charge in [0, 0.05) is 47.9 Å². The zero-order valence-electron chi connectivity index (χ0n) is 32.6. The highest BCUT2D eigenvalue weighted by Gasteiger charge is 2.35. The first-order valence-electron chi connectivity index (χ1n) is 19.5. The Morgan fingerprint density at radius 3 is 1.74 bits per heavy atom. The SMILES string of the molecule is BrCCCCOc1ccc2ncsc2c1.CC1(Oc2ccc(Cl)cc2)CCN(CCCCOc2ccc3ncsc3c2)C1.CC1(Oc2ccc(Cl)cc2)CCNC1. The van der Waals surface area contributed by atoms with Crippen molar-refractivity contribution in [3.05, 3.63) is 106 Å². The van der Waals surface area contributed by atoms with Crippen LogP contribution in [0.2, 0.25) is 10.0 Å². The van der Waals surface area contributed by atoms with Gasteiger partial charge in [-0.2, -0.15) is 0 Å². The Labute approximate surface area is 362 Å². The molecule has 0 saturated carbocycles. The van der Waals surface area contributed by atoms with Crippen LogP contribution in [0.5, 0.6) is 23.0 Å². The van der Waals surface area contributed by atoms with Crippen LogP contribution in [-0.4, -0.2) is 77.3 Å². The highest BCUT2D eigenvalue weighted by Crippen LogP contribution is 2.30. The van der Waals surface area contributed by atoms with Crippen molar-refractivity contribution in [2.24, 2.45) is 0 Å². The average Bonchev–Trinajstić information content (AvgIpc) is 4.04. The summed E-state index contributed by atoms with van der Waals surface area (Å²) in [5.74, 6) is 3.66. The van der Waals surface area contributed by atoms with Crippen LogP contribution < -0.4 is 24.3 Å². The standard InChI is InChI=1S/C22H25ClN2O2S.C11H12BrNOS.C11H14ClNO/c1-22(27-18-6-4-17(23)5-7-18)10-12-25(15-22)11-2-3-13-26-19-8-9-20-21(14-19)28-16-24-20;12-5-1-2-6-14-9-3-4-10-11(7-9)15-8-13-10;1-11(6-7-13-8-11)14-10-4-2-9(12)3-5-10/h4-9,14,16H,2-3,10-13,15H2,1H3;3-4,7-8H,1-2,5-6H2;2-5,13H,6-8H2,1H3. The Balaban J connectivity index is 0.000000159. The van der Waals surface area contributed by atoms with Crippen molar-refractivity contribution in [2.45, 2.75) is 63.6 Å².